The van der Waals surface area contributed by atoms with Crippen LogP contribution in [0.2, 0.25) is 10.0 Å². The van der Waals surface area contributed by atoms with Crippen molar-refractivity contribution in [2.24, 2.45) is 0 Å². The summed E-state index contributed by atoms with van der Waals surface area (Å²) in [7, 11) is 0. The monoisotopic (exact) mass is 328 g/mol. The van der Waals surface area contributed by atoms with Crippen molar-refractivity contribution in [1.29, 1.82) is 0 Å². The number of nitrogens with zero attached hydrogens (tertiary/aromatic N) is 1. The molecule has 0 aliphatic carbocycles. The van der Waals surface area contributed by atoms with E-state index in [1.807, 2.05) is 6.92 Å². The third-order valence-electron chi connectivity index (χ3n) is 4.08. The van der Waals surface area contributed by atoms with Gasteiger partial charge in [0, 0.05) is 22.2 Å². The quantitative estimate of drug-likeness (QED) is 0.927. The van der Waals surface area contributed by atoms with Gasteiger partial charge in [0.25, 0.3) is 0 Å². The first-order valence-electron chi connectivity index (χ1n) is 6.86. The molecule has 1 aliphatic rings. The van der Waals surface area contributed by atoms with Gasteiger partial charge >= 0.3 is 0 Å². The second-order valence-corrected chi connectivity index (χ2v) is 6.30. The molecule has 0 bridgehead atoms. The van der Waals surface area contributed by atoms with E-state index in [4.69, 9.17) is 23.2 Å². The summed E-state index contributed by atoms with van der Waals surface area (Å²) in [5.41, 5.74) is -0.216. The van der Waals surface area contributed by atoms with Crippen molar-refractivity contribution in [2.75, 3.05) is 0 Å². The number of carbonyl (C=O) groups excluding carboxylic acids is 2. The van der Waals surface area contributed by atoms with E-state index in [9.17, 15) is 9.59 Å². The van der Waals surface area contributed by atoms with Gasteiger partial charge in [0.2, 0.25) is 11.8 Å². The number of hydrogen-bond donors (Lipinski definition) is 1. The van der Waals surface area contributed by atoms with Crippen LogP contribution in [0.15, 0.2) is 18.2 Å². The first-order chi connectivity index (χ1) is 9.80. The molecule has 21 heavy (non-hydrogen) atoms. The maximum absolute atomic E-state index is 12.7. The van der Waals surface area contributed by atoms with E-state index in [0.717, 1.165) is 0 Å². The van der Waals surface area contributed by atoms with Crippen molar-refractivity contribution in [3.63, 3.8) is 0 Å². The maximum atomic E-state index is 12.7. The summed E-state index contributed by atoms with van der Waals surface area (Å²) in [5.74, 6) is -0.282. The Labute approximate surface area is 134 Å². The first-order valence-corrected chi connectivity index (χ1v) is 7.61. The lowest BCUT2D eigenvalue weighted by atomic mass is 9.92. The van der Waals surface area contributed by atoms with Gasteiger partial charge in [0.1, 0.15) is 11.6 Å². The van der Waals surface area contributed by atoms with Crippen LogP contribution in [0.1, 0.15) is 32.8 Å². The first kappa shape index (κ1) is 16.1. The van der Waals surface area contributed by atoms with Crippen molar-refractivity contribution in [1.82, 2.24) is 10.2 Å². The Bertz CT molecular complexity index is 571. The van der Waals surface area contributed by atoms with Crippen molar-refractivity contribution in [3.05, 3.63) is 33.8 Å². The topological polar surface area (TPSA) is 49.4 Å². The van der Waals surface area contributed by atoms with E-state index in [2.05, 4.69) is 5.32 Å². The molecule has 2 unspecified atom stereocenters. The number of carbonyl (C=O) groups is 2. The van der Waals surface area contributed by atoms with Crippen LogP contribution in [-0.2, 0) is 16.1 Å². The van der Waals surface area contributed by atoms with Gasteiger partial charge < -0.3 is 10.2 Å². The molecule has 2 rings (SSSR count). The lowest BCUT2D eigenvalue weighted by molar-refractivity contribution is -0.154. The number of rotatable bonds is 3. The highest BCUT2D eigenvalue weighted by atomic mass is 35.5. The molecule has 4 nitrogen and oxygen atoms in total. The van der Waals surface area contributed by atoms with Crippen molar-refractivity contribution in [3.8, 4) is 0 Å². The Morgan fingerprint density at radius 1 is 1.29 bits per heavy atom. The van der Waals surface area contributed by atoms with Gasteiger partial charge in [0.15, 0.2) is 0 Å². The number of nitrogens with one attached hydrogen (secondary N) is 1. The summed E-state index contributed by atoms with van der Waals surface area (Å²) in [6.07, 6.45) is 0.525. The Hall–Kier alpha value is -1.26. The van der Waals surface area contributed by atoms with Crippen LogP contribution in [0, 0.1) is 0 Å². The number of benzene rings is 1. The minimum atomic E-state index is -0.878. The van der Waals surface area contributed by atoms with Crippen LogP contribution in [0.3, 0.4) is 0 Å². The van der Waals surface area contributed by atoms with Gasteiger partial charge in [-0.3, -0.25) is 9.59 Å². The summed E-state index contributed by atoms with van der Waals surface area (Å²) in [6.45, 7) is 5.53. The van der Waals surface area contributed by atoms with E-state index in [-0.39, 0.29) is 18.4 Å². The molecule has 0 spiro atoms. The SMILES string of the molecule is CCC1(C)NC(=O)C(C)N(Cc2c(Cl)cccc2Cl)C1=O. The van der Waals surface area contributed by atoms with E-state index < -0.39 is 11.6 Å². The Kier molecular flexibility index (Phi) is 4.49. The molecule has 1 aromatic rings. The van der Waals surface area contributed by atoms with Crippen LogP contribution >= 0.6 is 23.2 Å². The molecule has 1 aromatic carbocycles. The Morgan fingerprint density at radius 2 is 1.86 bits per heavy atom. The predicted octanol–water partition coefficient (Wildman–Crippen LogP) is 3.01. The molecule has 0 radical (unpaired) electrons. The molecule has 1 saturated heterocycles. The van der Waals surface area contributed by atoms with Gasteiger partial charge in [-0.2, -0.15) is 0 Å². The fraction of sp³-hybridized carbons (Fsp3) is 0.467. The second kappa shape index (κ2) is 5.85. The third kappa shape index (κ3) is 2.87. The molecule has 114 valence electrons. The molecule has 1 aliphatic heterocycles. The van der Waals surface area contributed by atoms with Crippen molar-refractivity contribution >= 4 is 35.0 Å². The fourth-order valence-corrected chi connectivity index (χ4v) is 2.88. The van der Waals surface area contributed by atoms with Crippen LogP contribution < -0.4 is 5.32 Å². The van der Waals surface area contributed by atoms with E-state index in [0.29, 0.717) is 22.0 Å². The normalized spacial score (nSPS) is 26.0. The summed E-state index contributed by atoms with van der Waals surface area (Å²) in [4.78, 5) is 26.3. The molecular formula is C15H18Cl2N2O2. The molecule has 6 heteroatoms. The number of amides is 2. The summed E-state index contributed by atoms with van der Waals surface area (Å²) in [5, 5.41) is 3.78. The zero-order chi connectivity index (χ0) is 15.8. The van der Waals surface area contributed by atoms with Crippen molar-refractivity contribution in [2.45, 2.75) is 45.3 Å². The lowest BCUT2D eigenvalue weighted by Crippen LogP contribution is -2.68. The van der Waals surface area contributed by atoms with Crippen LogP contribution in [-0.4, -0.2) is 28.3 Å². The molecule has 1 heterocycles. The minimum Gasteiger partial charge on any atom is -0.340 e. The highest BCUT2D eigenvalue weighted by molar-refractivity contribution is 6.36. The summed E-state index contributed by atoms with van der Waals surface area (Å²) >= 11 is 12.3. The van der Waals surface area contributed by atoms with Crippen LogP contribution in [0.4, 0.5) is 0 Å². The summed E-state index contributed by atoms with van der Waals surface area (Å²) < 4.78 is 0. The average Bonchev–Trinajstić information content (AvgIpc) is 2.44. The maximum Gasteiger partial charge on any atom is 0.249 e. The fourth-order valence-electron chi connectivity index (χ4n) is 2.37. The largest absolute Gasteiger partial charge is 0.340 e. The Morgan fingerprint density at radius 3 is 2.38 bits per heavy atom. The molecule has 2 amide bonds. The van der Waals surface area contributed by atoms with Gasteiger partial charge in [-0.15, -0.1) is 0 Å². The highest BCUT2D eigenvalue weighted by Crippen LogP contribution is 2.29. The van der Waals surface area contributed by atoms with Gasteiger partial charge in [-0.1, -0.05) is 36.2 Å². The average molecular weight is 329 g/mol. The standard InChI is InChI=1S/C15H18Cl2N2O2/c1-4-15(3)14(21)19(9(2)13(20)18-15)8-10-11(16)6-5-7-12(10)17/h5-7,9H,4,8H2,1-3H3,(H,18,20). The zero-order valence-corrected chi connectivity index (χ0v) is 13.8. The molecule has 1 fully saturated rings. The molecular weight excluding hydrogens is 311 g/mol. The summed E-state index contributed by atoms with van der Waals surface area (Å²) in [6, 6.07) is 4.64. The lowest BCUT2D eigenvalue weighted by Gasteiger charge is -2.43. The Balaban J connectivity index is 2.37. The number of piperazine rings is 1. The zero-order valence-electron chi connectivity index (χ0n) is 12.2. The van der Waals surface area contributed by atoms with Gasteiger partial charge in [0.05, 0.1) is 0 Å². The number of halogens is 2. The van der Waals surface area contributed by atoms with E-state index >= 15 is 0 Å². The van der Waals surface area contributed by atoms with Crippen LogP contribution in [0.5, 0.6) is 0 Å². The second-order valence-electron chi connectivity index (χ2n) is 5.48. The smallest absolute Gasteiger partial charge is 0.249 e. The molecule has 0 aromatic heterocycles. The highest BCUT2D eigenvalue weighted by Gasteiger charge is 2.45. The number of hydrogen-bond acceptors (Lipinski definition) is 2. The predicted molar refractivity (Wildman–Crippen MR) is 83.3 cm³/mol. The van der Waals surface area contributed by atoms with Gasteiger partial charge in [-0.05, 0) is 32.4 Å². The van der Waals surface area contributed by atoms with E-state index in [1.54, 1.807) is 32.0 Å². The minimum absolute atomic E-state index is 0.118. The van der Waals surface area contributed by atoms with E-state index in [1.165, 1.54) is 4.90 Å². The van der Waals surface area contributed by atoms with Crippen LogP contribution in [0.25, 0.3) is 0 Å². The van der Waals surface area contributed by atoms with Crippen molar-refractivity contribution < 1.29 is 9.59 Å². The third-order valence-corrected chi connectivity index (χ3v) is 4.78. The molecule has 2 atom stereocenters. The van der Waals surface area contributed by atoms with Gasteiger partial charge in [-0.25, -0.2) is 0 Å². The molecule has 0 saturated carbocycles. The molecule has 1 N–H and O–H groups in total.